The fourth-order valence-electron chi connectivity index (χ4n) is 2.49. The molecule has 0 amide bonds. The van der Waals surface area contributed by atoms with Gasteiger partial charge in [-0.3, -0.25) is 0 Å². The summed E-state index contributed by atoms with van der Waals surface area (Å²) in [6, 6.07) is 17.4. The summed E-state index contributed by atoms with van der Waals surface area (Å²) >= 11 is 3.33. The van der Waals surface area contributed by atoms with Gasteiger partial charge in [0.05, 0.1) is 24.8 Å². The van der Waals surface area contributed by atoms with Crippen molar-refractivity contribution in [1.82, 2.24) is 4.31 Å². The molecule has 136 valence electrons. The number of methoxy groups -OCH3 is 1. The normalized spacial score (nSPS) is 11.7. The van der Waals surface area contributed by atoms with E-state index >= 15 is 0 Å². The first kappa shape index (κ1) is 18.7. The number of rotatable bonds is 7. The number of hydrogen-bond acceptors (Lipinski definition) is 4. The molecule has 0 N–H and O–H groups in total. The molecule has 2 aromatic carbocycles. The van der Waals surface area contributed by atoms with E-state index < -0.39 is 10.0 Å². The fraction of sp³-hybridized carbons (Fsp3) is 0.158. The van der Waals surface area contributed by atoms with Crippen LogP contribution in [0.15, 0.2) is 80.7 Å². The standard InChI is InChI=1S/C19H18BrNO4S/c1-24-17-8-4-15(5-9-17)13-21(14-18-3-2-12-25-18)26(22,23)19-10-6-16(20)7-11-19/h2-12H,13-14H2,1H3. The molecule has 0 aliphatic carbocycles. The molecule has 0 aliphatic heterocycles. The lowest BCUT2D eigenvalue weighted by Gasteiger charge is -2.21. The third-order valence-corrected chi connectivity index (χ3v) is 6.22. The van der Waals surface area contributed by atoms with Gasteiger partial charge in [-0.1, -0.05) is 28.1 Å². The Hall–Kier alpha value is -2.09. The molecule has 0 fully saturated rings. The van der Waals surface area contributed by atoms with Gasteiger partial charge in [0.1, 0.15) is 11.5 Å². The molecule has 7 heteroatoms. The van der Waals surface area contributed by atoms with Crippen LogP contribution in [-0.4, -0.2) is 19.8 Å². The Kier molecular flexibility index (Phi) is 5.80. The van der Waals surface area contributed by atoms with E-state index in [9.17, 15) is 8.42 Å². The van der Waals surface area contributed by atoms with Gasteiger partial charge in [-0.2, -0.15) is 4.31 Å². The second-order valence-electron chi connectivity index (χ2n) is 5.65. The Morgan fingerprint density at radius 2 is 1.69 bits per heavy atom. The summed E-state index contributed by atoms with van der Waals surface area (Å²) in [5.41, 5.74) is 0.859. The molecule has 5 nitrogen and oxygen atoms in total. The lowest BCUT2D eigenvalue weighted by Crippen LogP contribution is -2.30. The van der Waals surface area contributed by atoms with Gasteiger partial charge in [0.25, 0.3) is 0 Å². The summed E-state index contributed by atoms with van der Waals surface area (Å²) in [6.45, 7) is 0.376. The van der Waals surface area contributed by atoms with Gasteiger partial charge >= 0.3 is 0 Å². The molecule has 1 heterocycles. The van der Waals surface area contributed by atoms with Crippen molar-refractivity contribution in [2.24, 2.45) is 0 Å². The summed E-state index contributed by atoms with van der Waals surface area (Å²) in [5.74, 6) is 1.31. The minimum absolute atomic E-state index is 0.150. The zero-order valence-electron chi connectivity index (χ0n) is 14.1. The highest BCUT2D eigenvalue weighted by atomic mass is 79.9. The highest BCUT2D eigenvalue weighted by molar-refractivity contribution is 9.10. The number of nitrogens with zero attached hydrogens (tertiary/aromatic N) is 1. The van der Waals surface area contributed by atoms with E-state index in [1.807, 2.05) is 24.3 Å². The van der Waals surface area contributed by atoms with Crippen molar-refractivity contribution in [1.29, 1.82) is 0 Å². The monoisotopic (exact) mass is 435 g/mol. The summed E-state index contributed by atoms with van der Waals surface area (Å²) in [6.07, 6.45) is 1.53. The zero-order chi connectivity index (χ0) is 18.6. The Bertz CT molecular complexity index is 936. The molecule has 0 spiro atoms. The lowest BCUT2D eigenvalue weighted by atomic mass is 10.2. The number of benzene rings is 2. The van der Waals surface area contributed by atoms with Crippen molar-refractivity contribution in [3.8, 4) is 5.75 Å². The molecule has 0 atom stereocenters. The van der Waals surface area contributed by atoms with Gasteiger partial charge in [-0.15, -0.1) is 0 Å². The van der Waals surface area contributed by atoms with Crippen LogP contribution < -0.4 is 4.74 Å². The Balaban J connectivity index is 1.92. The van der Waals surface area contributed by atoms with E-state index in [1.54, 1.807) is 43.5 Å². The van der Waals surface area contributed by atoms with Gasteiger partial charge < -0.3 is 9.15 Å². The second kappa shape index (κ2) is 8.07. The number of sulfonamides is 1. The highest BCUT2D eigenvalue weighted by Crippen LogP contribution is 2.23. The fourth-order valence-corrected chi connectivity index (χ4v) is 4.15. The van der Waals surface area contributed by atoms with Crippen LogP contribution in [0.25, 0.3) is 0 Å². The van der Waals surface area contributed by atoms with E-state index in [4.69, 9.17) is 9.15 Å². The first-order chi connectivity index (χ1) is 12.5. The summed E-state index contributed by atoms with van der Waals surface area (Å²) in [5, 5.41) is 0. The molecular formula is C19H18BrNO4S. The van der Waals surface area contributed by atoms with Crippen LogP contribution in [0.1, 0.15) is 11.3 Å². The van der Waals surface area contributed by atoms with Crippen molar-refractivity contribution >= 4 is 26.0 Å². The van der Waals surface area contributed by atoms with E-state index in [-0.39, 0.29) is 18.0 Å². The highest BCUT2D eigenvalue weighted by Gasteiger charge is 2.25. The smallest absolute Gasteiger partial charge is 0.243 e. The maximum Gasteiger partial charge on any atom is 0.243 e. The van der Waals surface area contributed by atoms with E-state index in [0.29, 0.717) is 5.76 Å². The molecule has 3 aromatic rings. The van der Waals surface area contributed by atoms with Crippen LogP contribution in [0.5, 0.6) is 5.75 Å². The third-order valence-electron chi connectivity index (χ3n) is 3.88. The summed E-state index contributed by atoms with van der Waals surface area (Å²) < 4.78 is 39.0. The van der Waals surface area contributed by atoms with Crippen molar-refractivity contribution in [3.63, 3.8) is 0 Å². The molecule has 26 heavy (non-hydrogen) atoms. The Morgan fingerprint density at radius 1 is 1.00 bits per heavy atom. The molecule has 0 aliphatic rings. The van der Waals surface area contributed by atoms with Gasteiger partial charge in [-0.25, -0.2) is 8.42 Å². The number of halogens is 1. The summed E-state index contributed by atoms with van der Waals surface area (Å²) in [4.78, 5) is 0.237. The van der Waals surface area contributed by atoms with E-state index in [0.717, 1.165) is 15.8 Å². The Labute approximate surface area is 161 Å². The topological polar surface area (TPSA) is 59.8 Å². The van der Waals surface area contributed by atoms with Gasteiger partial charge in [0.15, 0.2) is 0 Å². The van der Waals surface area contributed by atoms with Crippen molar-refractivity contribution in [2.75, 3.05) is 7.11 Å². The molecule has 0 radical (unpaired) electrons. The lowest BCUT2D eigenvalue weighted by molar-refractivity contribution is 0.358. The quantitative estimate of drug-likeness (QED) is 0.550. The third kappa shape index (κ3) is 4.35. The molecule has 0 saturated heterocycles. The molecular weight excluding hydrogens is 418 g/mol. The second-order valence-corrected chi connectivity index (χ2v) is 8.51. The maximum absolute atomic E-state index is 13.1. The minimum atomic E-state index is -3.69. The predicted octanol–water partition coefficient (Wildman–Crippen LogP) is 4.44. The van der Waals surface area contributed by atoms with Crippen LogP contribution >= 0.6 is 15.9 Å². The van der Waals surface area contributed by atoms with Crippen LogP contribution in [0, 0.1) is 0 Å². The molecule has 1 aromatic heterocycles. The van der Waals surface area contributed by atoms with Crippen molar-refractivity contribution in [2.45, 2.75) is 18.0 Å². The molecule has 0 unspecified atom stereocenters. The first-order valence-electron chi connectivity index (χ1n) is 7.90. The average molecular weight is 436 g/mol. The zero-order valence-corrected chi connectivity index (χ0v) is 16.5. The SMILES string of the molecule is COc1ccc(CN(Cc2ccco2)S(=O)(=O)c2ccc(Br)cc2)cc1. The maximum atomic E-state index is 13.1. The summed E-state index contributed by atoms with van der Waals surface area (Å²) in [7, 11) is -2.09. The van der Waals surface area contributed by atoms with E-state index in [2.05, 4.69) is 15.9 Å². The molecule has 0 bridgehead atoms. The largest absolute Gasteiger partial charge is 0.497 e. The molecule has 3 rings (SSSR count). The van der Waals surface area contributed by atoms with E-state index in [1.165, 1.54) is 10.6 Å². The van der Waals surface area contributed by atoms with Crippen molar-refractivity contribution in [3.05, 3.63) is 82.7 Å². The number of hydrogen-bond donors (Lipinski definition) is 0. The van der Waals surface area contributed by atoms with Gasteiger partial charge in [0.2, 0.25) is 10.0 Å². The average Bonchev–Trinajstić information content (AvgIpc) is 3.15. The van der Waals surface area contributed by atoms with Gasteiger partial charge in [-0.05, 0) is 54.1 Å². The number of ether oxygens (including phenoxy) is 1. The van der Waals surface area contributed by atoms with Crippen LogP contribution in [0.4, 0.5) is 0 Å². The van der Waals surface area contributed by atoms with Gasteiger partial charge in [0, 0.05) is 11.0 Å². The molecule has 0 saturated carbocycles. The van der Waals surface area contributed by atoms with Crippen LogP contribution in [0.2, 0.25) is 0 Å². The Morgan fingerprint density at radius 3 is 2.27 bits per heavy atom. The first-order valence-corrected chi connectivity index (χ1v) is 10.1. The van der Waals surface area contributed by atoms with Crippen LogP contribution in [0.3, 0.4) is 0 Å². The number of furan rings is 1. The van der Waals surface area contributed by atoms with Crippen molar-refractivity contribution < 1.29 is 17.6 Å². The predicted molar refractivity (Wildman–Crippen MR) is 102 cm³/mol. The minimum Gasteiger partial charge on any atom is -0.497 e. The van der Waals surface area contributed by atoms with Crippen LogP contribution in [-0.2, 0) is 23.1 Å².